The fourth-order valence-corrected chi connectivity index (χ4v) is 10.1. The first kappa shape index (κ1) is 37.6. The van der Waals surface area contributed by atoms with Crippen molar-refractivity contribution in [1.82, 2.24) is 20.9 Å². The number of halogens is 1. The van der Waals surface area contributed by atoms with Crippen LogP contribution in [0.4, 0.5) is 4.39 Å². The lowest BCUT2D eigenvalue weighted by atomic mass is 9.48. The minimum Gasteiger partial charge on any atom is -0.483 e. The first-order chi connectivity index (χ1) is 25.6. The number of hydrogen-bond acceptors (Lipinski definition) is 10. The molecule has 15 heteroatoms. The Hall–Kier alpha value is -4.76. The summed E-state index contributed by atoms with van der Waals surface area (Å²) in [5.41, 5.74) is -4.35. The predicted octanol–water partition coefficient (Wildman–Crippen LogP) is 1.44. The van der Waals surface area contributed by atoms with Gasteiger partial charge in [-0.05, 0) is 88.0 Å². The van der Waals surface area contributed by atoms with Crippen molar-refractivity contribution in [3.63, 3.8) is 0 Å². The van der Waals surface area contributed by atoms with E-state index in [1.165, 1.54) is 30.4 Å². The second kappa shape index (κ2) is 13.8. The van der Waals surface area contributed by atoms with Crippen LogP contribution in [-0.2, 0) is 24.0 Å². The fraction of sp³-hybridized carbons (Fsp3) is 0.564. The lowest BCUT2D eigenvalue weighted by Crippen LogP contribution is -2.66. The normalized spacial score (nSPS) is 35.4. The van der Waals surface area contributed by atoms with Crippen LogP contribution < -0.4 is 20.7 Å². The first-order valence-electron chi connectivity index (χ1n) is 18.7. The number of alkyl halides is 1. The van der Waals surface area contributed by atoms with Gasteiger partial charge in [0.15, 0.2) is 18.1 Å². The molecule has 9 atom stereocenters. The highest BCUT2D eigenvalue weighted by molar-refractivity contribution is 6.24. The van der Waals surface area contributed by atoms with Crippen LogP contribution in [0.1, 0.15) is 85.9 Å². The molecule has 6 amide bonds. The first-order valence-corrected chi connectivity index (χ1v) is 18.7. The molecule has 1 aromatic rings. The summed E-state index contributed by atoms with van der Waals surface area (Å²) in [5, 5.41) is 30.9. The topological polar surface area (TPSA) is 209 Å². The Morgan fingerprint density at radius 2 is 1.76 bits per heavy atom. The maximum absolute atomic E-state index is 17.2. The number of nitrogens with one attached hydrogen (secondary N) is 3. The molecule has 2 heterocycles. The number of ether oxygens (including phenoxy) is 1. The van der Waals surface area contributed by atoms with Crippen LogP contribution in [0.5, 0.6) is 5.75 Å². The number of allylic oxidation sites excluding steroid dienone is 4. The van der Waals surface area contributed by atoms with Gasteiger partial charge in [-0.1, -0.05) is 24.6 Å². The molecule has 4 aliphatic carbocycles. The highest BCUT2D eigenvalue weighted by Crippen LogP contribution is 2.66. The highest BCUT2D eigenvalue weighted by Gasteiger charge is 2.71. The van der Waals surface area contributed by atoms with E-state index in [0.717, 1.165) is 4.90 Å². The number of unbranched alkanes of at least 4 members (excludes halogenated alkanes) is 1. The van der Waals surface area contributed by atoms with Crippen molar-refractivity contribution in [1.29, 1.82) is 0 Å². The van der Waals surface area contributed by atoms with Crippen LogP contribution in [-0.4, -0.2) is 99.5 Å². The lowest BCUT2D eigenvalue weighted by molar-refractivity contribution is -0.191. The second-order valence-electron chi connectivity index (χ2n) is 15.7. The van der Waals surface area contributed by atoms with Crippen molar-refractivity contribution >= 4 is 41.2 Å². The number of carbonyl (C=O) groups excluding carboxylic acids is 7. The number of carbonyl (C=O) groups is 7. The van der Waals surface area contributed by atoms with Crippen LogP contribution in [0, 0.1) is 29.1 Å². The van der Waals surface area contributed by atoms with Gasteiger partial charge in [-0.15, -0.1) is 0 Å². The summed E-state index contributed by atoms with van der Waals surface area (Å²) in [5.74, 6) is -5.95. The summed E-state index contributed by atoms with van der Waals surface area (Å²) in [6.45, 7) is 3.49. The van der Waals surface area contributed by atoms with Crippen molar-refractivity contribution < 1.29 is 52.9 Å². The van der Waals surface area contributed by atoms with Crippen molar-refractivity contribution in [2.75, 3.05) is 19.7 Å². The van der Waals surface area contributed by atoms with Crippen molar-refractivity contribution in [2.24, 2.45) is 29.1 Å². The highest BCUT2D eigenvalue weighted by atomic mass is 19.1. The lowest BCUT2D eigenvalue weighted by Gasteiger charge is -2.59. The molecule has 5 N–H and O–H groups in total. The molecule has 288 valence electrons. The number of rotatable bonds is 10. The number of benzene rings is 1. The molecule has 1 saturated heterocycles. The molecule has 0 radical (unpaired) electrons. The number of ketones is 1. The van der Waals surface area contributed by atoms with Gasteiger partial charge >= 0.3 is 0 Å². The average molecular weight is 749 g/mol. The van der Waals surface area contributed by atoms with Gasteiger partial charge in [0.2, 0.25) is 11.8 Å². The fourth-order valence-electron chi connectivity index (χ4n) is 10.1. The smallest absolute Gasteiger partial charge is 0.266 e. The molecular weight excluding hydrogens is 703 g/mol. The molecule has 3 saturated carbocycles. The van der Waals surface area contributed by atoms with Gasteiger partial charge in [0.05, 0.1) is 17.2 Å². The summed E-state index contributed by atoms with van der Waals surface area (Å²) in [6.07, 6.45) is 5.14. The average Bonchev–Trinajstić information content (AvgIpc) is 3.54. The molecule has 2 aliphatic heterocycles. The molecule has 0 bridgehead atoms. The zero-order valence-electron chi connectivity index (χ0n) is 30.2. The van der Waals surface area contributed by atoms with Gasteiger partial charge in [-0.25, -0.2) is 4.39 Å². The number of aliphatic hydroxyl groups is 2. The summed E-state index contributed by atoms with van der Waals surface area (Å²) >= 11 is 0. The molecule has 54 heavy (non-hydrogen) atoms. The Morgan fingerprint density at radius 1 is 1.02 bits per heavy atom. The molecule has 0 spiro atoms. The zero-order valence-corrected chi connectivity index (χ0v) is 30.2. The molecule has 4 fully saturated rings. The van der Waals surface area contributed by atoms with Gasteiger partial charge in [-0.2, -0.15) is 0 Å². The van der Waals surface area contributed by atoms with Gasteiger partial charge in [0.1, 0.15) is 17.4 Å². The Balaban J connectivity index is 0.880. The van der Waals surface area contributed by atoms with Gasteiger partial charge in [0.25, 0.3) is 23.6 Å². The van der Waals surface area contributed by atoms with E-state index in [2.05, 4.69) is 16.0 Å². The van der Waals surface area contributed by atoms with Gasteiger partial charge in [-0.3, -0.25) is 43.8 Å². The summed E-state index contributed by atoms with van der Waals surface area (Å²) in [6, 6.07) is 3.23. The predicted molar refractivity (Wildman–Crippen MR) is 187 cm³/mol. The molecule has 1 aromatic carbocycles. The SMILES string of the molecule is C[C@@H]1C[C@@H]2C(C[C@H](O)[C@@]3(F)[C@H]2CCC2=CC(=O)C=C[C@@]23C)[C@@]1(O)C(=O)NCCCCNC(=O)COc1cccc2c1C(=O)N(C1CCC(=O)NC1=O)C2=O. The molecule has 2 unspecified atom stereocenters. The second-order valence-corrected chi connectivity index (χ2v) is 15.7. The van der Waals surface area contributed by atoms with Crippen molar-refractivity contribution in [3.8, 4) is 5.75 Å². The van der Waals surface area contributed by atoms with Crippen molar-refractivity contribution in [3.05, 3.63) is 53.1 Å². The van der Waals surface area contributed by atoms with Crippen LogP contribution in [0.2, 0.25) is 0 Å². The Morgan fingerprint density at radius 3 is 2.50 bits per heavy atom. The molecular formula is C39H45FN4O10. The third kappa shape index (κ3) is 5.78. The van der Waals surface area contributed by atoms with E-state index in [4.69, 9.17) is 4.74 Å². The van der Waals surface area contributed by atoms with E-state index < -0.39 is 88.6 Å². The van der Waals surface area contributed by atoms with Crippen LogP contribution in [0.25, 0.3) is 0 Å². The largest absolute Gasteiger partial charge is 0.483 e. The molecule has 0 aromatic heterocycles. The third-order valence-corrected chi connectivity index (χ3v) is 12.9. The number of hydrogen-bond donors (Lipinski definition) is 5. The van der Waals surface area contributed by atoms with E-state index >= 15 is 4.39 Å². The summed E-state index contributed by atoms with van der Waals surface area (Å²) in [7, 11) is 0. The summed E-state index contributed by atoms with van der Waals surface area (Å²) in [4.78, 5) is 89.2. The maximum atomic E-state index is 17.2. The Bertz CT molecular complexity index is 1900. The number of amides is 6. The Kier molecular flexibility index (Phi) is 9.61. The number of fused-ring (bicyclic) bond motifs is 6. The maximum Gasteiger partial charge on any atom is 0.266 e. The van der Waals surface area contributed by atoms with Crippen LogP contribution in [0.15, 0.2) is 42.0 Å². The minimum absolute atomic E-state index is 0.00379. The summed E-state index contributed by atoms with van der Waals surface area (Å²) < 4.78 is 22.9. The zero-order chi connectivity index (χ0) is 38.7. The van der Waals surface area contributed by atoms with E-state index in [1.807, 2.05) is 0 Å². The van der Waals surface area contributed by atoms with Crippen LogP contribution in [0.3, 0.4) is 0 Å². The van der Waals surface area contributed by atoms with Crippen LogP contribution >= 0.6 is 0 Å². The monoisotopic (exact) mass is 748 g/mol. The molecule has 14 nitrogen and oxygen atoms in total. The Labute approximate surface area is 310 Å². The third-order valence-electron chi connectivity index (χ3n) is 12.9. The van der Waals surface area contributed by atoms with E-state index in [1.54, 1.807) is 19.9 Å². The van der Waals surface area contributed by atoms with Gasteiger partial charge in [0, 0.05) is 36.8 Å². The quantitative estimate of drug-likeness (QED) is 0.172. The standard InChI is InChI=1S/C39H45FN4O10/c1-20-16-24-25-9-8-21-17-22(45)12-13-37(21,2)39(25,40)29(46)18-26(24)38(20,53)36(52)42-15-4-3-14-41-31(48)19-54-28-7-5-6-23-32(28)35(51)44(34(23)50)27-10-11-30(47)43-33(27)49/h5-7,12-13,17,20,24-27,29,46,53H,3-4,8-11,14-16,18-19H2,1-2H3,(H,41,48)(H,42,52)(H,43,47,49)/t20-,24+,25+,26?,27?,29+,37+,38-,39+/m1/s1. The van der Waals surface area contributed by atoms with E-state index in [9.17, 15) is 43.8 Å². The van der Waals surface area contributed by atoms with Crippen molar-refractivity contribution in [2.45, 2.75) is 88.6 Å². The number of piperidine rings is 1. The van der Waals surface area contributed by atoms with E-state index in [0.29, 0.717) is 37.7 Å². The number of aliphatic hydroxyl groups excluding tert-OH is 1. The molecule has 6 aliphatic rings. The van der Waals surface area contributed by atoms with E-state index in [-0.39, 0.29) is 60.9 Å². The minimum atomic E-state index is -2.04. The number of nitrogens with zero attached hydrogens (tertiary/aromatic N) is 1. The molecule has 7 rings (SSSR count). The number of imide groups is 2. The van der Waals surface area contributed by atoms with Gasteiger partial charge < -0.3 is 25.6 Å².